The van der Waals surface area contributed by atoms with Crippen molar-refractivity contribution in [3.8, 4) is 5.75 Å². The molecule has 0 saturated heterocycles. The molecule has 0 aliphatic heterocycles. The first kappa shape index (κ1) is 18.3. The number of nitrogens with two attached hydrogens (primary N) is 1. The highest BCUT2D eigenvalue weighted by Gasteiger charge is 2.15. The molecule has 0 aliphatic rings. The highest BCUT2D eigenvalue weighted by Crippen LogP contribution is 2.15. The zero-order chi connectivity index (χ0) is 15.2. The quantitative estimate of drug-likeness (QED) is 0.872. The average molecular weight is 346 g/mol. The molecule has 8 heteroatoms. The van der Waals surface area contributed by atoms with Crippen molar-refractivity contribution in [1.82, 2.24) is 9.88 Å². The number of para-hydroxylation sites is 1. The first-order valence-electron chi connectivity index (χ1n) is 6.39. The molecular weight excluding hydrogens is 329 g/mol. The molecule has 0 aliphatic carbocycles. The monoisotopic (exact) mass is 345 g/mol. The molecule has 22 heavy (non-hydrogen) atoms. The lowest BCUT2D eigenvalue weighted by atomic mass is 10.3. The summed E-state index contributed by atoms with van der Waals surface area (Å²) in [5, 5.41) is 2.40. The maximum absolute atomic E-state index is 13.4. The van der Waals surface area contributed by atoms with Gasteiger partial charge in [-0.15, -0.1) is 23.7 Å². The van der Waals surface area contributed by atoms with Crippen molar-refractivity contribution in [2.75, 3.05) is 20.2 Å². The van der Waals surface area contributed by atoms with Gasteiger partial charge in [0.15, 0.2) is 11.6 Å². The first-order valence-corrected chi connectivity index (χ1v) is 7.27. The Morgan fingerprint density at radius 3 is 2.82 bits per heavy atom. The lowest BCUT2D eigenvalue weighted by Crippen LogP contribution is -2.31. The van der Waals surface area contributed by atoms with E-state index in [0.717, 1.165) is 0 Å². The molecule has 0 atom stereocenters. The smallest absolute Gasteiger partial charge is 0.273 e. The molecule has 1 aromatic carbocycles. The zero-order valence-corrected chi connectivity index (χ0v) is 13.6. The van der Waals surface area contributed by atoms with E-state index in [1.807, 2.05) is 0 Å². The number of halogens is 2. The summed E-state index contributed by atoms with van der Waals surface area (Å²) in [6.07, 6.45) is 0. The molecule has 1 amide bonds. The molecule has 2 rings (SSSR count). The van der Waals surface area contributed by atoms with Crippen molar-refractivity contribution in [1.29, 1.82) is 0 Å². The standard InChI is InChI=1S/C14H16FN3O2S.ClH/c1-18(14(19)11-9-21-13(8-16)17-11)6-7-20-12-5-3-2-4-10(12)15;/h2-5,9H,6-8,16H2,1H3;1H. The second-order valence-corrected chi connectivity index (χ2v) is 5.28. The normalized spacial score (nSPS) is 9.95. The van der Waals surface area contributed by atoms with Crippen molar-refractivity contribution in [2.24, 2.45) is 5.73 Å². The van der Waals surface area contributed by atoms with Gasteiger partial charge >= 0.3 is 0 Å². The highest BCUT2D eigenvalue weighted by molar-refractivity contribution is 7.09. The number of benzene rings is 1. The summed E-state index contributed by atoms with van der Waals surface area (Å²) in [5.74, 6) is -0.445. The van der Waals surface area contributed by atoms with Gasteiger partial charge in [0.25, 0.3) is 5.91 Å². The van der Waals surface area contributed by atoms with Crippen molar-refractivity contribution < 1.29 is 13.9 Å². The largest absolute Gasteiger partial charge is 0.489 e. The summed E-state index contributed by atoms with van der Waals surface area (Å²) in [4.78, 5) is 17.7. The van der Waals surface area contributed by atoms with Gasteiger partial charge in [0.1, 0.15) is 17.3 Å². The summed E-state index contributed by atoms with van der Waals surface area (Å²) in [6.45, 7) is 0.859. The van der Waals surface area contributed by atoms with E-state index >= 15 is 0 Å². The van der Waals surface area contributed by atoms with Crippen LogP contribution in [0.1, 0.15) is 15.5 Å². The van der Waals surface area contributed by atoms with E-state index in [1.54, 1.807) is 30.6 Å². The predicted octanol–water partition coefficient (Wildman–Crippen LogP) is 2.31. The Labute approximate surface area is 138 Å². The number of thiazole rings is 1. The van der Waals surface area contributed by atoms with Crippen LogP contribution in [0.4, 0.5) is 4.39 Å². The lowest BCUT2D eigenvalue weighted by Gasteiger charge is -2.16. The third-order valence-corrected chi connectivity index (χ3v) is 3.68. The van der Waals surface area contributed by atoms with Crippen molar-refractivity contribution >= 4 is 29.7 Å². The first-order chi connectivity index (χ1) is 10.1. The summed E-state index contributed by atoms with van der Waals surface area (Å²) in [5.41, 5.74) is 5.83. The van der Waals surface area contributed by atoms with Gasteiger partial charge in [-0.1, -0.05) is 12.1 Å². The molecule has 0 unspecified atom stereocenters. The van der Waals surface area contributed by atoms with Gasteiger partial charge in [-0.2, -0.15) is 0 Å². The summed E-state index contributed by atoms with van der Waals surface area (Å²) in [7, 11) is 1.65. The SMILES string of the molecule is CN(CCOc1ccccc1F)C(=O)c1csc(CN)n1.Cl. The molecule has 0 saturated carbocycles. The molecule has 2 aromatic rings. The van der Waals surface area contributed by atoms with Crippen LogP contribution >= 0.6 is 23.7 Å². The number of hydrogen-bond acceptors (Lipinski definition) is 5. The number of likely N-dealkylation sites (N-methyl/N-ethyl adjacent to an activating group) is 1. The number of amides is 1. The number of aromatic nitrogens is 1. The topological polar surface area (TPSA) is 68.5 Å². The van der Waals surface area contributed by atoms with E-state index in [9.17, 15) is 9.18 Å². The molecule has 120 valence electrons. The molecule has 1 heterocycles. The van der Waals surface area contributed by atoms with Crippen molar-refractivity contribution in [3.05, 3.63) is 46.2 Å². The predicted molar refractivity (Wildman–Crippen MR) is 86.1 cm³/mol. The van der Waals surface area contributed by atoms with Gasteiger partial charge in [0.05, 0.1) is 6.54 Å². The Morgan fingerprint density at radius 2 is 2.18 bits per heavy atom. The van der Waals surface area contributed by atoms with E-state index in [1.165, 1.54) is 22.3 Å². The van der Waals surface area contributed by atoms with E-state index in [2.05, 4.69) is 4.98 Å². The fourth-order valence-electron chi connectivity index (χ4n) is 1.65. The fraction of sp³-hybridized carbons (Fsp3) is 0.286. The van der Waals surface area contributed by atoms with Crippen LogP contribution < -0.4 is 10.5 Å². The number of carbonyl (C=O) groups is 1. The molecule has 0 bridgehead atoms. The summed E-state index contributed by atoms with van der Waals surface area (Å²) in [6, 6.07) is 6.16. The van der Waals surface area contributed by atoms with E-state index in [-0.39, 0.29) is 30.7 Å². The minimum absolute atomic E-state index is 0. The third kappa shape index (κ3) is 4.66. The highest BCUT2D eigenvalue weighted by atomic mass is 35.5. The molecule has 1 aromatic heterocycles. The van der Waals surface area contributed by atoms with E-state index in [4.69, 9.17) is 10.5 Å². The molecular formula is C14H17ClFN3O2S. The van der Waals surface area contributed by atoms with Crippen LogP contribution in [0.2, 0.25) is 0 Å². The third-order valence-electron chi connectivity index (χ3n) is 2.81. The Bertz CT molecular complexity index is 624. The van der Waals surface area contributed by atoms with Gasteiger partial charge in [0, 0.05) is 19.0 Å². The Hall–Kier alpha value is -1.70. The molecule has 2 N–H and O–H groups in total. The fourth-order valence-corrected chi connectivity index (χ4v) is 2.30. The van der Waals surface area contributed by atoms with Gasteiger partial charge in [-0.25, -0.2) is 9.37 Å². The Kier molecular flexibility index (Phi) is 7.23. The van der Waals surface area contributed by atoms with Gasteiger partial charge in [0.2, 0.25) is 0 Å². The zero-order valence-electron chi connectivity index (χ0n) is 12.0. The van der Waals surface area contributed by atoms with E-state index in [0.29, 0.717) is 23.8 Å². The Morgan fingerprint density at radius 1 is 1.45 bits per heavy atom. The molecule has 5 nitrogen and oxygen atoms in total. The van der Waals surface area contributed by atoms with Gasteiger partial charge in [-0.3, -0.25) is 4.79 Å². The minimum atomic E-state index is -0.418. The van der Waals surface area contributed by atoms with Crippen LogP contribution in [-0.2, 0) is 6.54 Å². The number of ether oxygens (including phenoxy) is 1. The van der Waals surface area contributed by atoms with Crippen LogP contribution in [0.3, 0.4) is 0 Å². The van der Waals surface area contributed by atoms with E-state index < -0.39 is 5.82 Å². The maximum atomic E-state index is 13.4. The average Bonchev–Trinajstić information content (AvgIpc) is 2.97. The Balaban J connectivity index is 0.00000242. The van der Waals surface area contributed by atoms with Crippen LogP contribution in [0, 0.1) is 5.82 Å². The van der Waals surface area contributed by atoms with Crippen molar-refractivity contribution in [3.63, 3.8) is 0 Å². The summed E-state index contributed by atoms with van der Waals surface area (Å²) < 4.78 is 18.7. The molecule has 0 radical (unpaired) electrons. The second-order valence-electron chi connectivity index (χ2n) is 4.34. The van der Waals surface area contributed by atoms with Gasteiger partial charge in [-0.05, 0) is 12.1 Å². The van der Waals surface area contributed by atoms with Gasteiger partial charge < -0.3 is 15.4 Å². The maximum Gasteiger partial charge on any atom is 0.273 e. The van der Waals surface area contributed by atoms with Crippen LogP contribution in [-0.4, -0.2) is 36.0 Å². The molecule has 0 fully saturated rings. The summed E-state index contributed by atoms with van der Waals surface area (Å²) >= 11 is 1.35. The van der Waals surface area contributed by atoms with Crippen molar-refractivity contribution in [2.45, 2.75) is 6.54 Å². The van der Waals surface area contributed by atoms with Crippen LogP contribution in [0.25, 0.3) is 0 Å². The number of hydrogen-bond donors (Lipinski definition) is 1. The lowest BCUT2D eigenvalue weighted by molar-refractivity contribution is 0.0767. The number of carbonyl (C=O) groups excluding carboxylic acids is 1. The second kappa shape index (κ2) is 8.67. The number of nitrogens with zero attached hydrogens (tertiary/aromatic N) is 2. The number of rotatable bonds is 6. The molecule has 0 spiro atoms. The minimum Gasteiger partial charge on any atom is -0.489 e. The van der Waals surface area contributed by atoms with Crippen LogP contribution in [0.5, 0.6) is 5.75 Å². The van der Waals surface area contributed by atoms with Crippen LogP contribution in [0.15, 0.2) is 29.6 Å².